The van der Waals surface area contributed by atoms with Crippen LogP contribution in [0, 0.1) is 0 Å². The number of carbonyl (C=O) groups excluding carboxylic acids is 1. The second-order valence-corrected chi connectivity index (χ2v) is 6.85. The first-order valence-corrected chi connectivity index (χ1v) is 9.00. The van der Waals surface area contributed by atoms with E-state index in [1.165, 1.54) is 4.70 Å². The van der Waals surface area contributed by atoms with E-state index in [-0.39, 0.29) is 24.7 Å². The SMILES string of the molecule is O=C(O)C[C@H](CC(=O)NCc1csc2ccccc12)c1ccccc1. The number of thiophene rings is 1. The molecular weight excluding hydrogens is 334 g/mol. The summed E-state index contributed by atoms with van der Waals surface area (Å²) in [6.45, 7) is 0.456. The molecular formula is C20H19NO3S. The normalized spacial score (nSPS) is 12.0. The third-order valence-electron chi connectivity index (χ3n) is 4.16. The Morgan fingerprint density at radius 1 is 1.00 bits per heavy atom. The molecule has 2 aromatic carbocycles. The Labute approximate surface area is 150 Å². The lowest BCUT2D eigenvalue weighted by Gasteiger charge is -2.15. The fraction of sp³-hybridized carbons (Fsp3) is 0.200. The number of carbonyl (C=O) groups is 2. The molecule has 0 aliphatic heterocycles. The number of benzene rings is 2. The topological polar surface area (TPSA) is 66.4 Å². The van der Waals surface area contributed by atoms with E-state index in [0.717, 1.165) is 16.5 Å². The molecule has 1 heterocycles. The quantitative estimate of drug-likeness (QED) is 0.670. The fourth-order valence-electron chi connectivity index (χ4n) is 2.90. The zero-order valence-electron chi connectivity index (χ0n) is 13.6. The third-order valence-corrected chi connectivity index (χ3v) is 5.17. The molecule has 1 atom stereocenters. The Bertz CT molecular complexity index is 873. The van der Waals surface area contributed by atoms with Crippen LogP contribution in [0.1, 0.15) is 29.9 Å². The number of amides is 1. The van der Waals surface area contributed by atoms with Crippen LogP contribution in [0.3, 0.4) is 0 Å². The second-order valence-electron chi connectivity index (χ2n) is 5.94. The van der Waals surface area contributed by atoms with Crippen molar-refractivity contribution >= 4 is 33.3 Å². The number of carboxylic acids is 1. The zero-order chi connectivity index (χ0) is 17.6. The predicted octanol–water partition coefficient (Wildman–Crippen LogP) is 4.17. The van der Waals surface area contributed by atoms with Gasteiger partial charge < -0.3 is 10.4 Å². The lowest BCUT2D eigenvalue weighted by molar-refractivity contribution is -0.137. The summed E-state index contributed by atoms with van der Waals surface area (Å²) in [7, 11) is 0. The van der Waals surface area contributed by atoms with Crippen LogP contribution in [0.5, 0.6) is 0 Å². The minimum absolute atomic E-state index is 0.0567. The highest BCUT2D eigenvalue weighted by atomic mass is 32.1. The lowest BCUT2D eigenvalue weighted by atomic mass is 9.92. The summed E-state index contributed by atoms with van der Waals surface area (Å²) in [5.74, 6) is -1.35. The van der Waals surface area contributed by atoms with E-state index in [9.17, 15) is 9.59 Å². The molecule has 3 rings (SSSR count). The van der Waals surface area contributed by atoms with Crippen LogP contribution in [0.4, 0.5) is 0 Å². The monoisotopic (exact) mass is 353 g/mol. The molecule has 0 saturated heterocycles. The van der Waals surface area contributed by atoms with Crippen molar-refractivity contribution in [2.75, 3.05) is 0 Å². The van der Waals surface area contributed by atoms with Gasteiger partial charge in [0, 0.05) is 23.6 Å². The Hall–Kier alpha value is -2.66. The van der Waals surface area contributed by atoms with Gasteiger partial charge in [-0.2, -0.15) is 0 Å². The average molecular weight is 353 g/mol. The molecule has 1 amide bonds. The summed E-state index contributed by atoms with van der Waals surface area (Å²) in [4.78, 5) is 23.5. The first-order chi connectivity index (χ1) is 12.1. The Balaban J connectivity index is 1.64. The molecule has 1 aromatic heterocycles. The number of aliphatic carboxylic acids is 1. The molecule has 5 heteroatoms. The molecule has 0 saturated carbocycles. The van der Waals surface area contributed by atoms with E-state index in [1.807, 2.05) is 48.5 Å². The molecule has 25 heavy (non-hydrogen) atoms. The maximum atomic E-state index is 12.3. The first kappa shape index (κ1) is 17.2. The minimum atomic E-state index is -0.898. The van der Waals surface area contributed by atoms with E-state index in [2.05, 4.69) is 16.8 Å². The molecule has 0 radical (unpaired) electrons. The molecule has 3 aromatic rings. The van der Waals surface area contributed by atoms with E-state index >= 15 is 0 Å². The molecule has 0 aliphatic carbocycles. The van der Waals surface area contributed by atoms with Gasteiger partial charge in [-0.15, -0.1) is 11.3 Å². The van der Waals surface area contributed by atoms with Crippen molar-refractivity contribution in [3.05, 3.63) is 71.1 Å². The highest BCUT2D eigenvalue weighted by Gasteiger charge is 2.19. The van der Waals surface area contributed by atoms with Crippen LogP contribution in [0.25, 0.3) is 10.1 Å². The first-order valence-electron chi connectivity index (χ1n) is 8.12. The molecule has 0 bridgehead atoms. The number of rotatable bonds is 7. The van der Waals surface area contributed by atoms with Gasteiger partial charge in [0.25, 0.3) is 0 Å². The van der Waals surface area contributed by atoms with Crippen LogP contribution in [-0.4, -0.2) is 17.0 Å². The van der Waals surface area contributed by atoms with Gasteiger partial charge in [0.05, 0.1) is 6.42 Å². The van der Waals surface area contributed by atoms with Gasteiger partial charge in [0.15, 0.2) is 0 Å². The molecule has 0 fully saturated rings. The number of carboxylic acid groups (broad SMARTS) is 1. The van der Waals surface area contributed by atoms with Crippen LogP contribution >= 0.6 is 11.3 Å². The minimum Gasteiger partial charge on any atom is -0.481 e. The average Bonchev–Trinajstić information content (AvgIpc) is 3.03. The molecule has 128 valence electrons. The Morgan fingerprint density at radius 2 is 1.72 bits per heavy atom. The molecule has 0 unspecified atom stereocenters. The van der Waals surface area contributed by atoms with Crippen molar-refractivity contribution < 1.29 is 14.7 Å². The Morgan fingerprint density at radius 3 is 2.48 bits per heavy atom. The summed E-state index contributed by atoms with van der Waals surface area (Å²) < 4.78 is 1.19. The molecule has 0 spiro atoms. The van der Waals surface area contributed by atoms with Crippen molar-refractivity contribution in [2.24, 2.45) is 0 Å². The molecule has 0 aliphatic rings. The fourth-order valence-corrected chi connectivity index (χ4v) is 3.87. The maximum absolute atomic E-state index is 12.3. The third kappa shape index (κ3) is 4.45. The summed E-state index contributed by atoms with van der Waals surface area (Å²) in [5, 5.41) is 15.3. The summed E-state index contributed by atoms with van der Waals surface area (Å²) in [6, 6.07) is 17.4. The Kier molecular flexibility index (Phi) is 5.46. The van der Waals surface area contributed by atoms with E-state index < -0.39 is 5.97 Å². The van der Waals surface area contributed by atoms with Crippen LogP contribution < -0.4 is 5.32 Å². The lowest BCUT2D eigenvalue weighted by Crippen LogP contribution is -2.25. The van der Waals surface area contributed by atoms with Crippen LogP contribution in [-0.2, 0) is 16.1 Å². The predicted molar refractivity (Wildman–Crippen MR) is 99.7 cm³/mol. The van der Waals surface area contributed by atoms with Crippen molar-refractivity contribution in [3.63, 3.8) is 0 Å². The summed E-state index contributed by atoms with van der Waals surface area (Å²) >= 11 is 1.66. The zero-order valence-corrected chi connectivity index (χ0v) is 14.5. The van der Waals surface area contributed by atoms with Crippen molar-refractivity contribution in [2.45, 2.75) is 25.3 Å². The van der Waals surface area contributed by atoms with E-state index in [1.54, 1.807) is 11.3 Å². The summed E-state index contributed by atoms with van der Waals surface area (Å²) in [6.07, 6.45) is 0.108. The van der Waals surface area contributed by atoms with Gasteiger partial charge >= 0.3 is 5.97 Å². The van der Waals surface area contributed by atoms with Crippen LogP contribution in [0.2, 0.25) is 0 Å². The van der Waals surface area contributed by atoms with Gasteiger partial charge in [0.1, 0.15) is 0 Å². The van der Waals surface area contributed by atoms with Crippen molar-refractivity contribution in [3.8, 4) is 0 Å². The van der Waals surface area contributed by atoms with Gasteiger partial charge in [0.2, 0.25) is 5.91 Å². The van der Waals surface area contributed by atoms with Crippen molar-refractivity contribution in [1.29, 1.82) is 0 Å². The van der Waals surface area contributed by atoms with Gasteiger partial charge in [-0.05, 0) is 28.0 Å². The standard InChI is InChI=1S/C20H19NO3S/c22-19(10-15(11-20(23)24)14-6-2-1-3-7-14)21-12-16-13-25-18-9-5-4-8-17(16)18/h1-9,13,15H,10-12H2,(H,21,22)(H,23,24)/t15-/m0/s1. The van der Waals surface area contributed by atoms with Gasteiger partial charge in [-0.3, -0.25) is 9.59 Å². The largest absolute Gasteiger partial charge is 0.481 e. The summed E-state index contributed by atoms with van der Waals surface area (Å²) in [5.41, 5.74) is 1.96. The van der Waals surface area contributed by atoms with Gasteiger partial charge in [-0.1, -0.05) is 48.5 Å². The number of hydrogen-bond donors (Lipinski definition) is 2. The number of fused-ring (bicyclic) bond motifs is 1. The highest BCUT2D eigenvalue weighted by Crippen LogP contribution is 2.26. The molecule has 4 nitrogen and oxygen atoms in total. The van der Waals surface area contributed by atoms with Crippen molar-refractivity contribution in [1.82, 2.24) is 5.32 Å². The van der Waals surface area contributed by atoms with Gasteiger partial charge in [-0.25, -0.2) is 0 Å². The van der Waals surface area contributed by atoms with E-state index in [4.69, 9.17) is 5.11 Å². The molecule has 2 N–H and O–H groups in total. The van der Waals surface area contributed by atoms with Crippen LogP contribution in [0.15, 0.2) is 60.0 Å². The maximum Gasteiger partial charge on any atom is 0.303 e. The van der Waals surface area contributed by atoms with E-state index in [0.29, 0.717) is 6.54 Å². The second kappa shape index (κ2) is 7.94. The number of hydrogen-bond acceptors (Lipinski definition) is 3. The number of nitrogens with one attached hydrogen (secondary N) is 1. The smallest absolute Gasteiger partial charge is 0.303 e. The highest BCUT2D eigenvalue weighted by molar-refractivity contribution is 7.17.